The lowest BCUT2D eigenvalue weighted by Gasteiger charge is -2.08. The molecular formula is C18H21NO4S. The van der Waals surface area contributed by atoms with Crippen LogP contribution in [-0.2, 0) is 16.0 Å². The molecule has 6 heteroatoms. The Balaban J connectivity index is 2.17. The predicted molar refractivity (Wildman–Crippen MR) is 95.2 cm³/mol. The van der Waals surface area contributed by atoms with Gasteiger partial charge in [-0.1, -0.05) is 12.1 Å². The first kappa shape index (κ1) is 18.0. The molecular weight excluding hydrogens is 326 g/mol. The molecule has 0 unspecified atom stereocenters. The zero-order valence-corrected chi connectivity index (χ0v) is 15.3. The van der Waals surface area contributed by atoms with Crippen molar-refractivity contribution >= 4 is 28.2 Å². The molecule has 2 aromatic rings. The zero-order valence-electron chi connectivity index (χ0n) is 14.5. The van der Waals surface area contributed by atoms with Crippen molar-refractivity contribution in [1.29, 1.82) is 0 Å². The van der Waals surface area contributed by atoms with Crippen LogP contribution >= 0.6 is 11.3 Å². The maximum absolute atomic E-state index is 12.3. The summed E-state index contributed by atoms with van der Waals surface area (Å²) in [6.07, 6.45) is 0.224. The largest absolute Gasteiger partial charge is 0.496 e. The van der Waals surface area contributed by atoms with Crippen LogP contribution in [0.2, 0.25) is 0 Å². The van der Waals surface area contributed by atoms with Crippen molar-refractivity contribution in [3.8, 4) is 5.75 Å². The molecule has 5 nitrogen and oxygen atoms in total. The highest BCUT2D eigenvalue weighted by Gasteiger charge is 2.21. The third kappa shape index (κ3) is 3.76. The lowest BCUT2D eigenvalue weighted by molar-refractivity contribution is -0.115. The molecule has 0 aliphatic carbocycles. The first-order valence-corrected chi connectivity index (χ1v) is 8.30. The van der Waals surface area contributed by atoms with Gasteiger partial charge in [-0.25, -0.2) is 4.79 Å². The number of thiophene rings is 1. The molecule has 24 heavy (non-hydrogen) atoms. The van der Waals surface area contributed by atoms with E-state index in [2.05, 4.69) is 5.32 Å². The number of carbonyl (C=O) groups excluding carboxylic acids is 2. The van der Waals surface area contributed by atoms with Crippen molar-refractivity contribution < 1.29 is 19.1 Å². The van der Waals surface area contributed by atoms with Crippen molar-refractivity contribution in [2.24, 2.45) is 0 Å². The normalized spacial score (nSPS) is 10.4. The lowest BCUT2D eigenvalue weighted by atomic mass is 10.1. The summed E-state index contributed by atoms with van der Waals surface area (Å²) in [6.45, 7) is 5.69. The summed E-state index contributed by atoms with van der Waals surface area (Å²) in [7, 11) is 2.95. The number of rotatable bonds is 5. The van der Waals surface area contributed by atoms with E-state index in [0.717, 1.165) is 27.3 Å². The fourth-order valence-corrected chi connectivity index (χ4v) is 3.53. The van der Waals surface area contributed by atoms with Crippen LogP contribution in [0.3, 0.4) is 0 Å². The minimum atomic E-state index is -0.438. The van der Waals surface area contributed by atoms with E-state index < -0.39 is 5.97 Å². The fourth-order valence-electron chi connectivity index (χ4n) is 2.47. The van der Waals surface area contributed by atoms with Gasteiger partial charge < -0.3 is 14.8 Å². The standard InChI is InChI=1S/C18H21NO4S/c1-10-8-13(6-7-14(10)22-4)9-15(20)19-17-16(18(21)23-5)11(2)12(3)24-17/h6-8H,9H2,1-5H3,(H,19,20). The number of hydrogen-bond acceptors (Lipinski definition) is 5. The quantitative estimate of drug-likeness (QED) is 0.839. The Morgan fingerprint density at radius 1 is 1.17 bits per heavy atom. The monoisotopic (exact) mass is 347 g/mol. The van der Waals surface area contributed by atoms with E-state index in [1.54, 1.807) is 7.11 Å². The van der Waals surface area contributed by atoms with Crippen LogP contribution < -0.4 is 10.1 Å². The Morgan fingerprint density at radius 3 is 2.46 bits per heavy atom. The average Bonchev–Trinajstić information content (AvgIpc) is 2.81. The van der Waals surface area contributed by atoms with Crippen LogP contribution in [0.1, 0.15) is 31.9 Å². The first-order valence-electron chi connectivity index (χ1n) is 7.49. The number of methoxy groups -OCH3 is 2. The van der Waals surface area contributed by atoms with Crippen molar-refractivity contribution in [3.05, 3.63) is 45.3 Å². The Kier molecular flexibility index (Phi) is 5.62. The van der Waals surface area contributed by atoms with Gasteiger partial charge in [0.2, 0.25) is 5.91 Å². The highest BCUT2D eigenvalue weighted by molar-refractivity contribution is 7.16. The van der Waals surface area contributed by atoms with E-state index in [1.165, 1.54) is 18.4 Å². The molecule has 0 aliphatic heterocycles. The van der Waals surface area contributed by atoms with Crippen molar-refractivity contribution in [1.82, 2.24) is 0 Å². The van der Waals surface area contributed by atoms with E-state index in [4.69, 9.17) is 9.47 Å². The van der Waals surface area contributed by atoms with Crippen LogP contribution in [0.4, 0.5) is 5.00 Å². The molecule has 0 radical (unpaired) electrons. The van der Waals surface area contributed by atoms with Gasteiger partial charge >= 0.3 is 5.97 Å². The lowest BCUT2D eigenvalue weighted by Crippen LogP contribution is -2.16. The van der Waals surface area contributed by atoms with Crippen LogP contribution in [-0.4, -0.2) is 26.1 Å². The maximum Gasteiger partial charge on any atom is 0.341 e. The summed E-state index contributed by atoms with van der Waals surface area (Å²) >= 11 is 1.38. The van der Waals surface area contributed by atoms with Gasteiger partial charge in [-0.3, -0.25) is 4.79 Å². The second kappa shape index (κ2) is 7.49. The molecule has 0 saturated carbocycles. The summed E-state index contributed by atoms with van der Waals surface area (Å²) < 4.78 is 10.0. The van der Waals surface area contributed by atoms with E-state index in [-0.39, 0.29) is 12.3 Å². The molecule has 1 amide bonds. The summed E-state index contributed by atoms with van der Waals surface area (Å²) in [5.74, 6) is 0.176. The molecule has 0 fully saturated rings. The van der Waals surface area contributed by atoms with E-state index >= 15 is 0 Å². The number of nitrogens with one attached hydrogen (secondary N) is 1. The van der Waals surface area contributed by atoms with Crippen molar-refractivity contribution in [3.63, 3.8) is 0 Å². The molecule has 1 N–H and O–H groups in total. The Hall–Kier alpha value is -2.34. The molecule has 0 saturated heterocycles. The molecule has 0 atom stereocenters. The number of esters is 1. The van der Waals surface area contributed by atoms with E-state index in [0.29, 0.717) is 10.6 Å². The van der Waals surface area contributed by atoms with Gasteiger partial charge in [0.15, 0.2) is 0 Å². The summed E-state index contributed by atoms with van der Waals surface area (Å²) in [5.41, 5.74) is 3.12. The molecule has 1 heterocycles. The Morgan fingerprint density at radius 2 is 1.88 bits per heavy atom. The third-order valence-electron chi connectivity index (χ3n) is 3.85. The number of anilines is 1. The fraction of sp³-hybridized carbons (Fsp3) is 0.333. The smallest absolute Gasteiger partial charge is 0.341 e. The molecule has 2 rings (SSSR count). The van der Waals surface area contributed by atoms with Gasteiger partial charge in [0, 0.05) is 4.88 Å². The predicted octanol–water partition coefficient (Wildman–Crippen LogP) is 3.65. The molecule has 1 aromatic heterocycles. The molecule has 128 valence electrons. The number of ether oxygens (including phenoxy) is 2. The van der Waals surface area contributed by atoms with Crippen LogP contribution in [0.15, 0.2) is 18.2 Å². The van der Waals surface area contributed by atoms with Gasteiger partial charge in [0.25, 0.3) is 0 Å². The van der Waals surface area contributed by atoms with E-state index in [9.17, 15) is 9.59 Å². The first-order chi connectivity index (χ1) is 11.4. The number of benzene rings is 1. The van der Waals surface area contributed by atoms with Gasteiger partial charge in [-0.15, -0.1) is 11.3 Å². The second-order valence-corrected chi connectivity index (χ2v) is 6.73. The van der Waals surface area contributed by atoms with Crippen LogP contribution in [0.25, 0.3) is 0 Å². The van der Waals surface area contributed by atoms with Gasteiger partial charge in [-0.2, -0.15) is 0 Å². The van der Waals surface area contributed by atoms with Crippen molar-refractivity contribution in [2.45, 2.75) is 27.2 Å². The number of carbonyl (C=O) groups is 2. The molecule has 0 bridgehead atoms. The minimum absolute atomic E-state index is 0.175. The summed E-state index contributed by atoms with van der Waals surface area (Å²) in [6, 6.07) is 5.62. The maximum atomic E-state index is 12.3. The molecule has 0 spiro atoms. The SMILES string of the molecule is COC(=O)c1c(NC(=O)Cc2ccc(OC)c(C)c2)sc(C)c1C. The van der Waals surface area contributed by atoms with Crippen LogP contribution in [0.5, 0.6) is 5.75 Å². The van der Waals surface area contributed by atoms with Gasteiger partial charge in [-0.05, 0) is 43.5 Å². The highest BCUT2D eigenvalue weighted by Crippen LogP contribution is 2.33. The van der Waals surface area contributed by atoms with Crippen LogP contribution in [0, 0.1) is 20.8 Å². The summed E-state index contributed by atoms with van der Waals surface area (Å²) in [4.78, 5) is 25.3. The molecule has 0 aliphatic rings. The van der Waals surface area contributed by atoms with Gasteiger partial charge in [0.05, 0.1) is 26.2 Å². The minimum Gasteiger partial charge on any atom is -0.496 e. The number of amides is 1. The highest BCUT2D eigenvalue weighted by atomic mass is 32.1. The Bertz CT molecular complexity index is 780. The second-order valence-electron chi connectivity index (χ2n) is 5.51. The van der Waals surface area contributed by atoms with Gasteiger partial charge in [0.1, 0.15) is 10.8 Å². The average molecular weight is 347 g/mol. The van der Waals surface area contributed by atoms with E-state index in [1.807, 2.05) is 39.0 Å². The number of aryl methyl sites for hydroxylation is 2. The third-order valence-corrected chi connectivity index (χ3v) is 4.97. The molecule has 1 aromatic carbocycles. The summed E-state index contributed by atoms with van der Waals surface area (Å²) in [5, 5.41) is 3.37. The Labute approximate surface area is 145 Å². The topological polar surface area (TPSA) is 64.6 Å². The number of hydrogen-bond donors (Lipinski definition) is 1. The van der Waals surface area contributed by atoms with Crippen molar-refractivity contribution in [2.75, 3.05) is 19.5 Å². The zero-order chi connectivity index (χ0) is 17.9.